The van der Waals surface area contributed by atoms with Gasteiger partial charge in [0.15, 0.2) is 5.82 Å². The van der Waals surface area contributed by atoms with Gasteiger partial charge in [0, 0.05) is 66.0 Å². The third kappa shape index (κ3) is 4.23. The Balaban J connectivity index is 0.000000174. The number of nitrogens with zero attached hydrogens (tertiary/aromatic N) is 6. The molecule has 4 N–H and O–H groups in total. The van der Waals surface area contributed by atoms with Crippen molar-refractivity contribution < 1.29 is 4.74 Å². The number of para-hydroxylation sites is 1. The van der Waals surface area contributed by atoms with Crippen LogP contribution in [0.25, 0.3) is 28.1 Å². The van der Waals surface area contributed by atoms with Gasteiger partial charge in [-0.2, -0.15) is 14.5 Å². The van der Waals surface area contributed by atoms with Crippen molar-refractivity contribution in [2.45, 2.75) is 0 Å². The molecular weight excluding hydrogens is 418 g/mol. The molecule has 4 aromatic heterocycles. The molecule has 5 heterocycles. The van der Waals surface area contributed by atoms with Gasteiger partial charge in [-0.1, -0.05) is 18.2 Å². The number of fused-ring (bicyclic) bond motifs is 2. The van der Waals surface area contributed by atoms with Gasteiger partial charge in [-0.15, -0.1) is 5.10 Å². The second kappa shape index (κ2) is 9.05. The lowest BCUT2D eigenvalue weighted by molar-refractivity contribution is 0.122. The number of anilines is 2. The molecule has 0 aliphatic carbocycles. The monoisotopic (exact) mass is 441 g/mol. The van der Waals surface area contributed by atoms with E-state index in [0.717, 1.165) is 40.9 Å². The van der Waals surface area contributed by atoms with Crippen LogP contribution in [0.2, 0.25) is 0 Å². The maximum atomic E-state index is 7.10. The number of morpholine rings is 1. The summed E-state index contributed by atoms with van der Waals surface area (Å²) < 4.78 is 7.13. The Bertz CT molecular complexity index is 1390. The molecule has 0 radical (unpaired) electrons. The topological polar surface area (TPSA) is 134 Å². The molecule has 1 aliphatic heterocycles. The molecule has 0 saturated carbocycles. The van der Waals surface area contributed by atoms with Gasteiger partial charge >= 0.3 is 0 Å². The summed E-state index contributed by atoms with van der Waals surface area (Å²) in [7, 11) is 0. The molecule has 5 aromatic rings. The highest BCUT2D eigenvalue weighted by atomic mass is 16.5. The Morgan fingerprint density at radius 1 is 1.06 bits per heavy atom. The second-order valence-corrected chi connectivity index (χ2v) is 7.46. The quantitative estimate of drug-likeness (QED) is 0.367. The summed E-state index contributed by atoms with van der Waals surface area (Å²) in [4.78, 5) is 18.0. The van der Waals surface area contributed by atoms with E-state index < -0.39 is 0 Å². The van der Waals surface area contributed by atoms with E-state index >= 15 is 0 Å². The van der Waals surface area contributed by atoms with Crippen LogP contribution >= 0.6 is 0 Å². The molecular formula is C23H23N9O. The largest absolute Gasteiger partial charge is 0.383 e. The molecule has 1 aliphatic rings. The first-order valence-electron chi connectivity index (χ1n) is 10.6. The maximum absolute atomic E-state index is 7.10. The van der Waals surface area contributed by atoms with Crippen molar-refractivity contribution >= 4 is 34.5 Å². The summed E-state index contributed by atoms with van der Waals surface area (Å²) in [6.45, 7) is 2.97. The Labute approximate surface area is 189 Å². The summed E-state index contributed by atoms with van der Waals surface area (Å²) in [5, 5.41) is 12.8. The summed E-state index contributed by atoms with van der Waals surface area (Å²) in [6, 6.07) is 13.5. The van der Waals surface area contributed by atoms with Crippen LogP contribution < -0.4 is 10.6 Å². The van der Waals surface area contributed by atoms with Crippen LogP contribution in [0.5, 0.6) is 0 Å². The number of nitrogens with one attached hydrogen (secondary N) is 2. The molecule has 0 bridgehead atoms. The third-order valence-electron chi connectivity index (χ3n) is 5.36. The van der Waals surface area contributed by atoms with Crippen molar-refractivity contribution in [2.75, 3.05) is 36.9 Å². The van der Waals surface area contributed by atoms with Crippen LogP contribution in [0.3, 0.4) is 0 Å². The average Bonchev–Trinajstić information content (AvgIpc) is 3.49. The van der Waals surface area contributed by atoms with Gasteiger partial charge < -0.3 is 25.8 Å². The number of pyridine rings is 1. The number of benzene rings is 1. The number of nitrogens with two attached hydrogens (primary N) is 1. The zero-order chi connectivity index (χ0) is 22.6. The molecule has 1 saturated heterocycles. The highest BCUT2D eigenvalue weighted by Crippen LogP contribution is 2.22. The SMILES string of the molecule is N=Cc1c[nH]c2ccccc12.Nc1cc(N2CCOCC2)n2nc(-c3ccncc3)nc2n1. The number of nitrogen functional groups attached to an aromatic ring is 1. The van der Waals surface area contributed by atoms with Gasteiger partial charge in [0.25, 0.3) is 5.78 Å². The van der Waals surface area contributed by atoms with Gasteiger partial charge in [-0.05, 0) is 18.2 Å². The molecule has 0 unspecified atom stereocenters. The third-order valence-corrected chi connectivity index (χ3v) is 5.36. The highest BCUT2D eigenvalue weighted by Gasteiger charge is 2.18. The highest BCUT2D eigenvalue weighted by molar-refractivity contribution is 5.97. The smallest absolute Gasteiger partial charge is 0.256 e. The standard InChI is InChI=1S/C14H15N7O.C9H8N2/c15-11-9-12(20-5-7-22-8-6-20)21-14(17-11)18-13(19-21)10-1-3-16-4-2-10;10-5-7-6-11-9-4-2-1-3-8(7)9/h1-4,9H,5-8H2,(H2,15,17,18,19);1-6,10-11H. The van der Waals surface area contributed by atoms with Crippen LogP contribution in [0.4, 0.5) is 11.6 Å². The molecule has 1 fully saturated rings. The number of rotatable bonds is 3. The lowest BCUT2D eigenvalue weighted by atomic mass is 10.2. The zero-order valence-electron chi connectivity index (χ0n) is 17.8. The van der Waals surface area contributed by atoms with E-state index in [1.807, 2.05) is 48.7 Å². The minimum absolute atomic E-state index is 0.433. The molecule has 6 rings (SSSR count). The number of H-pyrrole nitrogens is 1. The van der Waals surface area contributed by atoms with E-state index in [1.165, 1.54) is 6.21 Å². The predicted molar refractivity (Wildman–Crippen MR) is 128 cm³/mol. The van der Waals surface area contributed by atoms with E-state index in [0.29, 0.717) is 30.6 Å². The van der Waals surface area contributed by atoms with Crippen LogP contribution in [0.1, 0.15) is 5.56 Å². The maximum Gasteiger partial charge on any atom is 0.256 e. The van der Waals surface area contributed by atoms with E-state index in [2.05, 4.69) is 29.9 Å². The van der Waals surface area contributed by atoms with Crippen molar-refractivity contribution in [1.82, 2.24) is 29.5 Å². The van der Waals surface area contributed by atoms with Crippen LogP contribution in [-0.2, 0) is 4.74 Å². The van der Waals surface area contributed by atoms with Crippen molar-refractivity contribution in [3.05, 3.63) is 66.6 Å². The molecule has 0 atom stereocenters. The molecule has 10 heteroatoms. The van der Waals surface area contributed by atoms with Crippen molar-refractivity contribution in [1.29, 1.82) is 5.41 Å². The zero-order valence-corrected chi connectivity index (χ0v) is 17.8. The van der Waals surface area contributed by atoms with Crippen LogP contribution in [-0.4, -0.2) is 62.1 Å². The molecule has 166 valence electrons. The van der Waals surface area contributed by atoms with Crippen molar-refractivity contribution in [2.24, 2.45) is 0 Å². The van der Waals surface area contributed by atoms with E-state index in [1.54, 1.807) is 16.9 Å². The van der Waals surface area contributed by atoms with Crippen LogP contribution in [0.15, 0.2) is 61.1 Å². The Morgan fingerprint density at radius 2 is 1.85 bits per heavy atom. The molecule has 10 nitrogen and oxygen atoms in total. The first-order chi connectivity index (χ1) is 16.2. The predicted octanol–water partition coefficient (Wildman–Crippen LogP) is 2.77. The number of aromatic amines is 1. The van der Waals surface area contributed by atoms with E-state index in [9.17, 15) is 0 Å². The number of hydrogen-bond donors (Lipinski definition) is 3. The fourth-order valence-electron chi connectivity index (χ4n) is 3.73. The molecule has 33 heavy (non-hydrogen) atoms. The minimum atomic E-state index is 0.433. The Morgan fingerprint density at radius 3 is 2.64 bits per heavy atom. The van der Waals surface area contributed by atoms with Gasteiger partial charge in [0.2, 0.25) is 0 Å². The lowest BCUT2D eigenvalue weighted by Gasteiger charge is -2.28. The first-order valence-corrected chi connectivity index (χ1v) is 10.6. The average molecular weight is 441 g/mol. The Kier molecular flexibility index (Phi) is 5.64. The van der Waals surface area contributed by atoms with E-state index in [4.69, 9.17) is 15.9 Å². The number of hydrogen-bond acceptors (Lipinski definition) is 8. The minimum Gasteiger partial charge on any atom is -0.383 e. The first kappa shape index (κ1) is 20.6. The van der Waals surface area contributed by atoms with Gasteiger partial charge in [-0.25, -0.2) is 0 Å². The Hall–Kier alpha value is -4.31. The summed E-state index contributed by atoms with van der Waals surface area (Å²) >= 11 is 0. The molecule has 0 spiro atoms. The number of ether oxygens (including phenoxy) is 1. The fraction of sp³-hybridized carbons (Fsp3) is 0.174. The summed E-state index contributed by atoms with van der Waals surface area (Å²) in [6.07, 6.45) is 6.63. The van der Waals surface area contributed by atoms with Crippen molar-refractivity contribution in [3.8, 4) is 11.4 Å². The summed E-state index contributed by atoms with van der Waals surface area (Å²) in [5.41, 5.74) is 8.85. The van der Waals surface area contributed by atoms with Gasteiger partial charge in [-0.3, -0.25) is 4.98 Å². The normalized spacial score (nSPS) is 13.6. The van der Waals surface area contributed by atoms with Crippen LogP contribution in [0, 0.1) is 5.41 Å². The second-order valence-electron chi connectivity index (χ2n) is 7.46. The molecule has 1 aromatic carbocycles. The summed E-state index contributed by atoms with van der Waals surface area (Å²) in [5.74, 6) is 2.42. The van der Waals surface area contributed by atoms with Gasteiger partial charge in [0.1, 0.15) is 11.6 Å². The fourth-order valence-corrected chi connectivity index (χ4v) is 3.73. The van der Waals surface area contributed by atoms with E-state index in [-0.39, 0.29) is 0 Å². The van der Waals surface area contributed by atoms with Gasteiger partial charge in [0.05, 0.1) is 13.2 Å². The molecule has 0 amide bonds. The van der Waals surface area contributed by atoms with Crippen molar-refractivity contribution in [3.63, 3.8) is 0 Å². The number of aromatic nitrogens is 6. The lowest BCUT2D eigenvalue weighted by Crippen LogP contribution is -2.37.